The lowest BCUT2D eigenvalue weighted by molar-refractivity contribution is -0.111. The third-order valence-electron chi connectivity index (χ3n) is 3.48. The number of carbonyl (C=O) groups is 1. The zero-order chi connectivity index (χ0) is 17.7. The Morgan fingerprint density at radius 3 is 2.42 bits per heavy atom. The van der Waals surface area contributed by atoms with Crippen LogP contribution in [0.15, 0.2) is 54.6 Å². The lowest BCUT2D eigenvalue weighted by atomic mass is 10.1. The average Bonchev–Trinajstić information content (AvgIpc) is 2.53. The molecule has 0 radical (unpaired) electrons. The molecule has 0 unspecified atom stereocenters. The van der Waals surface area contributed by atoms with E-state index < -0.39 is 10.0 Å². The van der Waals surface area contributed by atoms with Crippen LogP contribution in [0, 0.1) is 6.92 Å². The Morgan fingerprint density at radius 1 is 1.12 bits per heavy atom. The number of hydrogen-bond acceptors (Lipinski definition) is 3. The maximum atomic E-state index is 12.0. The van der Waals surface area contributed by atoms with Crippen LogP contribution in [0.4, 0.5) is 11.4 Å². The molecule has 2 aromatic rings. The molecular weight excluding hydrogens is 324 g/mol. The van der Waals surface area contributed by atoms with Crippen LogP contribution < -0.4 is 9.62 Å². The summed E-state index contributed by atoms with van der Waals surface area (Å²) in [6, 6.07) is 14.5. The van der Waals surface area contributed by atoms with Crippen molar-refractivity contribution in [1.29, 1.82) is 0 Å². The molecule has 6 heteroatoms. The maximum absolute atomic E-state index is 12.0. The lowest BCUT2D eigenvalue weighted by Gasteiger charge is -2.17. The lowest BCUT2D eigenvalue weighted by Crippen LogP contribution is -2.24. The highest BCUT2D eigenvalue weighted by Crippen LogP contribution is 2.20. The van der Waals surface area contributed by atoms with Crippen LogP contribution in [0.1, 0.15) is 11.1 Å². The molecule has 0 fully saturated rings. The zero-order valence-corrected chi connectivity index (χ0v) is 14.7. The van der Waals surface area contributed by atoms with E-state index in [4.69, 9.17) is 0 Å². The van der Waals surface area contributed by atoms with Crippen molar-refractivity contribution in [3.8, 4) is 0 Å². The highest BCUT2D eigenvalue weighted by molar-refractivity contribution is 7.92. The van der Waals surface area contributed by atoms with Gasteiger partial charge < -0.3 is 5.32 Å². The van der Waals surface area contributed by atoms with Gasteiger partial charge in [-0.15, -0.1) is 0 Å². The number of sulfonamides is 1. The van der Waals surface area contributed by atoms with Crippen molar-refractivity contribution in [2.75, 3.05) is 22.9 Å². The van der Waals surface area contributed by atoms with Crippen molar-refractivity contribution >= 4 is 33.4 Å². The molecule has 0 aliphatic carbocycles. The van der Waals surface area contributed by atoms with Gasteiger partial charge in [-0.1, -0.05) is 35.9 Å². The van der Waals surface area contributed by atoms with Crippen LogP contribution >= 0.6 is 0 Å². The molecule has 1 N–H and O–H groups in total. The van der Waals surface area contributed by atoms with Gasteiger partial charge in [0, 0.05) is 18.8 Å². The number of anilines is 2. The summed E-state index contributed by atoms with van der Waals surface area (Å²) in [5.74, 6) is -0.283. The van der Waals surface area contributed by atoms with E-state index in [-0.39, 0.29) is 5.91 Å². The smallest absolute Gasteiger partial charge is 0.248 e. The van der Waals surface area contributed by atoms with E-state index in [0.717, 1.165) is 21.7 Å². The third kappa shape index (κ3) is 4.96. The van der Waals surface area contributed by atoms with Gasteiger partial charge in [0.2, 0.25) is 15.9 Å². The Labute approximate surface area is 142 Å². The summed E-state index contributed by atoms with van der Waals surface area (Å²) in [5.41, 5.74) is 3.10. The minimum atomic E-state index is -3.34. The summed E-state index contributed by atoms with van der Waals surface area (Å²) in [6.45, 7) is 2.00. The van der Waals surface area contributed by atoms with Crippen LogP contribution in [-0.2, 0) is 14.8 Å². The van der Waals surface area contributed by atoms with Gasteiger partial charge in [0.05, 0.1) is 11.9 Å². The second-order valence-electron chi connectivity index (χ2n) is 5.51. The minimum Gasteiger partial charge on any atom is -0.322 e. The number of benzene rings is 2. The Kier molecular flexibility index (Phi) is 5.41. The van der Waals surface area contributed by atoms with E-state index in [1.807, 2.05) is 31.2 Å². The first-order chi connectivity index (χ1) is 11.3. The summed E-state index contributed by atoms with van der Waals surface area (Å²) >= 11 is 0. The van der Waals surface area contributed by atoms with Crippen LogP contribution in [0.2, 0.25) is 0 Å². The molecule has 1 amide bonds. The monoisotopic (exact) mass is 344 g/mol. The first-order valence-electron chi connectivity index (χ1n) is 7.35. The van der Waals surface area contributed by atoms with Crippen LogP contribution in [-0.4, -0.2) is 27.6 Å². The van der Waals surface area contributed by atoms with Crippen molar-refractivity contribution in [3.05, 3.63) is 65.7 Å². The molecule has 0 atom stereocenters. The fourth-order valence-electron chi connectivity index (χ4n) is 2.00. The van der Waals surface area contributed by atoms with E-state index in [1.165, 1.54) is 13.1 Å². The molecule has 2 rings (SSSR count). The first kappa shape index (κ1) is 17.7. The molecule has 0 bridgehead atoms. The number of nitrogens with zero attached hydrogens (tertiary/aromatic N) is 1. The third-order valence-corrected chi connectivity index (χ3v) is 4.69. The van der Waals surface area contributed by atoms with E-state index >= 15 is 0 Å². The summed E-state index contributed by atoms with van der Waals surface area (Å²) < 4.78 is 24.3. The fourth-order valence-corrected chi connectivity index (χ4v) is 2.50. The zero-order valence-electron chi connectivity index (χ0n) is 13.9. The van der Waals surface area contributed by atoms with Crippen molar-refractivity contribution in [2.24, 2.45) is 0 Å². The summed E-state index contributed by atoms with van der Waals surface area (Å²) in [6.07, 6.45) is 4.29. The largest absolute Gasteiger partial charge is 0.322 e. The summed E-state index contributed by atoms with van der Waals surface area (Å²) in [7, 11) is -1.88. The van der Waals surface area contributed by atoms with Gasteiger partial charge in [0.15, 0.2) is 0 Å². The molecule has 0 spiro atoms. The number of rotatable bonds is 5. The van der Waals surface area contributed by atoms with Gasteiger partial charge in [0.25, 0.3) is 0 Å². The Hall–Kier alpha value is -2.60. The second kappa shape index (κ2) is 7.31. The number of amides is 1. The van der Waals surface area contributed by atoms with Crippen LogP contribution in [0.3, 0.4) is 0 Å². The first-order valence-corrected chi connectivity index (χ1v) is 9.20. The van der Waals surface area contributed by atoms with E-state index in [2.05, 4.69) is 5.32 Å². The summed E-state index contributed by atoms with van der Waals surface area (Å²) in [4.78, 5) is 12.0. The molecule has 0 saturated heterocycles. The quantitative estimate of drug-likeness (QED) is 0.848. The van der Waals surface area contributed by atoms with Crippen molar-refractivity contribution in [2.45, 2.75) is 6.92 Å². The molecule has 0 saturated carbocycles. The van der Waals surface area contributed by atoms with Gasteiger partial charge >= 0.3 is 0 Å². The minimum absolute atomic E-state index is 0.283. The van der Waals surface area contributed by atoms with Crippen molar-refractivity contribution in [1.82, 2.24) is 0 Å². The molecule has 2 aromatic carbocycles. The fraction of sp³-hybridized carbons (Fsp3) is 0.167. The number of aryl methyl sites for hydroxylation is 1. The number of hydrogen-bond donors (Lipinski definition) is 1. The molecule has 0 heterocycles. The molecule has 126 valence electrons. The molecular formula is C18H20N2O3S. The highest BCUT2D eigenvalue weighted by Gasteiger charge is 2.12. The predicted octanol–water partition coefficient (Wildman–Crippen LogP) is 3.04. The molecule has 0 aliphatic heterocycles. The average molecular weight is 344 g/mol. The standard InChI is InChI=1S/C18H20N2O3S/c1-14-7-9-15(10-8-14)11-12-18(21)19-16-5-4-6-17(13-16)20(2)24(3,22)23/h4-13H,1-3H3,(H,19,21)/b12-11+. The van der Waals surface area contributed by atoms with E-state index in [9.17, 15) is 13.2 Å². The second-order valence-corrected chi connectivity index (χ2v) is 7.53. The van der Waals surface area contributed by atoms with Gasteiger partial charge in [0.1, 0.15) is 0 Å². The summed E-state index contributed by atoms with van der Waals surface area (Å²) in [5, 5.41) is 2.72. The van der Waals surface area contributed by atoms with Crippen molar-refractivity contribution in [3.63, 3.8) is 0 Å². The predicted molar refractivity (Wildman–Crippen MR) is 98.5 cm³/mol. The van der Waals surface area contributed by atoms with Crippen molar-refractivity contribution < 1.29 is 13.2 Å². The Balaban J connectivity index is 2.08. The van der Waals surface area contributed by atoms with Gasteiger partial charge in [-0.2, -0.15) is 0 Å². The van der Waals surface area contributed by atoms with E-state index in [0.29, 0.717) is 11.4 Å². The molecule has 0 aliphatic rings. The Morgan fingerprint density at radius 2 is 1.79 bits per heavy atom. The van der Waals surface area contributed by atoms with Crippen LogP contribution in [0.25, 0.3) is 6.08 Å². The van der Waals surface area contributed by atoms with Gasteiger partial charge in [-0.05, 0) is 36.8 Å². The topological polar surface area (TPSA) is 66.5 Å². The normalized spacial score (nSPS) is 11.5. The van der Waals surface area contributed by atoms with E-state index in [1.54, 1.807) is 30.3 Å². The van der Waals surface area contributed by atoms with Crippen LogP contribution in [0.5, 0.6) is 0 Å². The molecule has 24 heavy (non-hydrogen) atoms. The molecule has 5 nitrogen and oxygen atoms in total. The van der Waals surface area contributed by atoms with Gasteiger partial charge in [-0.25, -0.2) is 8.42 Å². The van der Waals surface area contributed by atoms with Gasteiger partial charge in [-0.3, -0.25) is 9.10 Å². The number of carbonyl (C=O) groups excluding carboxylic acids is 1. The molecule has 0 aromatic heterocycles. The Bertz CT molecular complexity index is 856. The SMILES string of the molecule is Cc1ccc(/C=C/C(=O)Nc2cccc(N(C)S(C)(=O)=O)c2)cc1. The highest BCUT2D eigenvalue weighted by atomic mass is 32.2. The number of nitrogens with one attached hydrogen (secondary N) is 1. The maximum Gasteiger partial charge on any atom is 0.248 e.